The standard InChI is InChI=1S/C18H18N2O4S2/c21-17(9-10-19-18(22)16-6-3-11-25-16)20-26(23,24)15-8-7-13-4-1-2-5-14(13)12-15/h1-6,11-12H,7-10H2,(H,19,22)(H,20,21). The highest BCUT2D eigenvalue weighted by atomic mass is 32.2. The van der Waals surface area contributed by atoms with Gasteiger partial charge in [-0.1, -0.05) is 30.3 Å². The Balaban J connectivity index is 1.55. The van der Waals surface area contributed by atoms with Gasteiger partial charge in [-0.2, -0.15) is 0 Å². The molecule has 0 atom stereocenters. The third-order valence-electron chi connectivity index (χ3n) is 3.99. The van der Waals surface area contributed by atoms with Crippen LogP contribution in [0.2, 0.25) is 0 Å². The third-order valence-corrected chi connectivity index (χ3v) is 6.37. The molecule has 1 aromatic carbocycles. The molecule has 1 aliphatic rings. The number of nitrogens with one attached hydrogen (secondary N) is 2. The van der Waals surface area contributed by atoms with Crippen molar-refractivity contribution in [1.29, 1.82) is 0 Å². The molecule has 2 aromatic rings. The second-order valence-corrected chi connectivity index (χ2v) is 8.50. The van der Waals surface area contributed by atoms with Crippen molar-refractivity contribution in [3.05, 3.63) is 62.7 Å². The SMILES string of the molecule is O=C(CCNC(=O)c1cccs1)NS(=O)(=O)C1=Cc2ccccc2CC1. The Labute approximate surface area is 156 Å². The number of allylic oxidation sites excluding steroid dienone is 1. The Bertz CT molecular complexity index is 947. The average molecular weight is 390 g/mol. The van der Waals surface area contributed by atoms with Gasteiger partial charge in [-0.15, -0.1) is 11.3 Å². The number of thiophene rings is 1. The van der Waals surface area contributed by atoms with Crippen LogP contribution in [0.3, 0.4) is 0 Å². The molecular weight excluding hydrogens is 372 g/mol. The molecule has 0 aliphatic heterocycles. The summed E-state index contributed by atoms with van der Waals surface area (Å²) in [6, 6.07) is 11.0. The molecule has 2 N–H and O–H groups in total. The molecule has 1 aliphatic carbocycles. The van der Waals surface area contributed by atoms with Crippen molar-refractivity contribution in [3.63, 3.8) is 0 Å². The molecule has 0 fully saturated rings. The molecule has 1 heterocycles. The molecule has 0 radical (unpaired) electrons. The molecule has 0 saturated heterocycles. The molecule has 6 nitrogen and oxygen atoms in total. The van der Waals surface area contributed by atoms with E-state index in [0.717, 1.165) is 11.1 Å². The van der Waals surface area contributed by atoms with E-state index < -0.39 is 15.9 Å². The Morgan fingerprint density at radius 3 is 2.65 bits per heavy atom. The number of hydrogen-bond acceptors (Lipinski definition) is 5. The number of aryl methyl sites for hydroxylation is 1. The van der Waals surface area contributed by atoms with Crippen LogP contribution in [0.5, 0.6) is 0 Å². The van der Waals surface area contributed by atoms with Crippen LogP contribution in [-0.4, -0.2) is 26.8 Å². The molecule has 2 amide bonds. The van der Waals surface area contributed by atoms with Crippen LogP contribution in [-0.2, 0) is 21.2 Å². The number of carbonyl (C=O) groups excluding carboxylic acids is 2. The summed E-state index contributed by atoms with van der Waals surface area (Å²) in [6.07, 6.45) is 2.47. The lowest BCUT2D eigenvalue weighted by Crippen LogP contribution is -2.35. The van der Waals surface area contributed by atoms with Gasteiger partial charge in [-0.25, -0.2) is 13.1 Å². The Kier molecular flexibility index (Phi) is 5.53. The molecular formula is C18H18N2O4S2. The third kappa shape index (κ3) is 4.39. The molecule has 136 valence electrons. The van der Waals surface area contributed by atoms with Crippen molar-refractivity contribution < 1.29 is 18.0 Å². The zero-order chi connectivity index (χ0) is 18.6. The minimum Gasteiger partial charge on any atom is -0.351 e. The van der Waals surface area contributed by atoms with Gasteiger partial charge in [-0.3, -0.25) is 9.59 Å². The molecule has 0 unspecified atom stereocenters. The van der Waals surface area contributed by atoms with Crippen LogP contribution in [0.15, 0.2) is 46.7 Å². The highest BCUT2D eigenvalue weighted by molar-refractivity contribution is 7.94. The van der Waals surface area contributed by atoms with Gasteiger partial charge in [0.25, 0.3) is 15.9 Å². The summed E-state index contributed by atoms with van der Waals surface area (Å²) in [6.45, 7) is 0.0694. The van der Waals surface area contributed by atoms with Crippen molar-refractivity contribution >= 4 is 39.3 Å². The number of hydrogen-bond donors (Lipinski definition) is 2. The minimum atomic E-state index is -3.87. The highest BCUT2D eigenvalue weighted by Crippen LogP contribution is 2.26. The van der Waals surface area contributed by atoms with E-state index in [1.165, 1.54) is 11.3 Å². The lowest BCUT2D eigenvalue weighted by Gasteiger charge is -2.17. The van der Waals surface area contributed by atoms with E-state index in [4.69, 9.17) is 0 Å². The Hall–Kier alpha value is -2.45. The molecule has 1 aromatic heterocycles. The van der Waals surface area contributed by atoms with Crippen molar-refractivity contribution in [2.75, 3.05) is 6.54 Å². The quantitative estimate of drug-likeness (QED) is 0.792. The van der Waals surface area contributed by atoms with E-state index >= 15 is 0 Å². The first-order valence-corrected chi connectivity index (χ1v) is 10.5. The Morgan fingerprint density at radius 2 is 1.88 bits per heavy atom. The number of carbonyl (C=O) groups is 2. The van der Waals surface area contributed by atoms with Crippen LogP contribution < -0.4 is 10.0 Å². The summed E-state index contributed by atoms with van der Waals surface area (Å²) < 4.78 is 26.9. The maximum atomic E-state index is 12.4. The topological polar surface area (TPSA) is 92.3 Å². The lowest BCUT2D eigenvalue weighted by molar-refractivity contribution is -0.119. The van der Waals surface area contributed by atoms with Crippen molar-refractivity contribution in [1.82, 2.24) is 10.0 Å². The highest BCUT2D eigenvalue weighted by Gasteiger charge is 2.23. The van der Waals surface area contributed by atoms with Crippen LogP contribution in [0.4, 0.5) is 0 Å². The minimum absolute atomic E-state index is 0.0694. The van der Waals surface area contributed by atoms with E-state index in [-0.39, 0.29) is 23.8 Å². The van der Waals surface area contributed by atoms with Gasteiger partial charge in [0.1, 0.15) is 0 Å². The Morgan fingerprint density at radius 1 is 1.08 bits per heavy atom. The van der Waals surface area contributed by atoms with Crippen molar-refractivity contribution in [3.8, 4) is 0 Å². The van der Waals surface area contributed by atoms with E-state index in [9.17, 15) is 18.0 Å². The van der Waals surface area contributed by atoms with Gasteiger partial charge in [0.2, 0.25) is 5.91 Å². The summed E-state index contributed by atoms with van der Waals surface area (Å²) in [5, 5.41) is 4.38. The molecule has 3 rings (SSSR count). The zero-order valence-electron chi connectivity index (χ0n) is 13.9. The summed E-state index contributed by atoms with van der Waals surface area (Å²) in [4.78, 5) is 24.5. The molecule has 0 bridgehead atoms. The van der Waals surface area contributed by atoms with Gasteiger partial charge >= 0.3 is 0 Å². The number of rotatable bonds is 6. The maximum absolute atomic E-state index is 12.4. The first-order valence-electron chi connectivity index (χ1n) is 8.11. The van der Waals surface area contributed by atoms with Gasteiger partial charge in [-0.05, 0) is 41.5 Å². The van der Waals surface area contributed by atoms with E-state index in [1.807, 2.05) is 24.3 Å². The normalized spacial score (nSPS) is 13.5. The maximum Gasteiger partial charge on any atom is 0.261 e. The van der Waals surface area contributed by atoms with Gasteiger partial charge in [0.05, 0.1) is 9.78 Å². The molecule has 8 heteroatoms. The fourth-order valence-electron chi connectivity index (χ4n) is 2.67. The number of amides is 2. The van der Waals surface area contributed by atoms with Crippen LogP contribution in [0, 0.1) is 0 Å². The average Bonchev–Trinajstić information content (AvgIpc) is 3.15. The second kappa shape index (κ2) is 7.84. The van der Waals surface area contributed by atoms with Crippen LogP contribution in [0.25, 0.3) is 6.08 Å². The van der Waals surface area contributed by atoms with Gasteiger partial charge in [0.15, 0.2) is 0 Å². The number of sulfonamides is 1. The smallest absolute Gasteiger partial charge is 0.261 e. The number of fused-ring (bicyclic) bond motifs is 1. The van der Waals surface area contributed by atoms with E-state index in [1.54, 1.807) is 23.6 Å². The first kappa shape index (κ1) is 18.3. The van der Waals surface area contributed by atoms with Gasteiger partial charge < -0.3 is 5.32 Å². The fourth-order valence-corrected chi connectivity index (χ4v) is 4.49. The van der Waals surface area contributed by atoms with E-state index in [2.05, 4.69) is 10.0 Å². The van der Waals surface area contributed by atoms with Crippen LogP contribution in [0.1, 0.15) is 33.6 Å². The lowest BCUT2D eigenvalue weighted by atomic mass is 9.98. The first-order chi connectivity index (χ1) is 12.5. The predicted molar refractivity (Wildman–Crippen MR) is 101 cm³/mol. The summed E-state index contributed by atoms with van der Waals surface area (Å²) >= 11 is 1.30. The van der Waals surface area contributed by atoms with Crippen LogP contribution >= 0.6 is 11.3 Å². The molecule has 26 heavy (non-hydrogen) atoms. The van der Waals surface area contributed by atoms with Gasteiger partial charge in [0, 0.05) is 13.0 Å². The molecule has 0 spiro atoms. The fraction of sp³-hybridized carbons (Fsp3) is 0.222. The predicted octanol–water partition coefficient (Wildman–Crippen LogP) is 2.30. The number of benzene rings is 1. The van der Waals surface area contributed by atoms with Crippen molar-refractivity contribution in [2.45, 2.75) is 19.3 Å². The monoisotopic (exact) mass is 390 g/mol. The zero-order valence-corrected chi connectivity index (χ0v) is 15.5. The summed E-state index contributed by atoms with van der Waals surface area (Å²) in [5.74, 6) is -0.918. The summed E-state index contributed by atoms with van der Waals surface area (Å²) in [5.41, 5.74) is 1.95. The summed E-state index contributed by atoms with van der Waals surface area (Å²) in [7, 11) is -3.87. The van der Waals surface area contributed by atoms with E-state index in [0.29, 0.717) is 17.7 Å². The molecule has 0 saturated carbocycles. The largest absolute Gasteiger partial charge is 0.351 e. The second-order valence-electron chi connectivity index (χ2n) is 5.82. The van der Waals surface area contributed by atoms with Crippen molar-refractivity contribution in [2.24, 2.45) is 0 Å².